The molecule has 1 amide bonds. The maximum atomic E-state index is 12.2. The van der Waals surface area contributed by atoms with Crippen molar-refractivity contribution in [2.75, 3.05) is 19.6 Å². The minimum absolute atomic E-state index is 0. The monoisotopic (exact) mass is 326 g/mol. The minimum Gasteiger partial charge on any atom is -0.348 e. The van der Waals surface area contributed by atoms with Crippen molar-refractivity contribution in [2.24, 2.45) is 5.92 Å². The van der Waals surface area contributed by atoms with E-state index in [4.69, 9.17) is 0 Å². The van der Waals surface area contributed by atoms with Crippen LogP contribution in [0, 0.1) is 5.92 Å². The summed E-state index contributed by atoms with van der Waals surface area (Å²) in [6.45, 7) is 4.94. The van der Waals surface area contributed by atoms with E-state index in [1.54, 1.807) is 11.3 Å². The van der Waals surface area contributed by atoms with Crippen molar-refractivity contribution >= 4 is 29.7 Å². The second kappa shape index (κ2) is 7.43. The summed E-state index contributed by atoms with van der Waals surface area (Å²) in [5, 5.41) is 6.35. The summed E-state index contributed by atoms with van der Waals surface area (Å²) in [5.74, 6) is 0.851. The Hall–Kier alpha value is -0.840. The number of thiophene rings is 1. The van der Waals surface area contributed by atoms with E-state index >= 15 is 0 Å². The lowest BCUT2D eigenvalue weighted by Gasteiger charge is -2.16. The number of amides is 1. The van der Waals surface area contributed by atoms with Gasteiger partial charge in [-0.1, -0.05) is 18.6 Å². The van der Waals surface area contributed by atoms with Crippen molar-refractivity contribution in [3.63, 3.8) is 0 Å². The third kappa shape index (κ3) is 4.09. The molecule has 0 bridgehead atoms. The summed E-state index contributed by atoms with van der Waals surface area (Å²) in [6.07, 6.45) is 6.76. The van der Waals surface area contributed by atoms with Crippen LogP contribution in [-0.4, -0.2) is 25.5 Å². The first-order valence-electron chi connectivity index (χ1n) is 7.51. The molecule has 21 heavy (non-hydrogen) atoms. The Balaban J connectivity index is 0.00000161. The molecule has 0 aromatic carbocycles. The van der Waals surface area contributed by atoms with E-state index in [-0.39, 0.29) is 18.3 Å². The summed E-state index contributed by atoms with van der Waals surface area (Å²) in [6, 6.07) is 2.11. The SMILES string of the molecule is CC1CCc2sc(C(=O)NCC3=CCNCC3)cc2C1.Cl. The number of carbonyl (C=O) groups is 1. The van der Waals surface area contributed by atoms with Crippen LogP contribution in [0.4, 0.5) is 0 Å². The van der Waals surface area contributed by atoms with Crippen molar-refractivity contribution in [1.29, 1.82) is 0 Å². The first kappa shape index (κ1) is 16.5. The van der Waals surface area contributed by atoms with Gasteiger partial charge in [0.1, 0.15) is 0 Å². The molecule has 5 heteroatoms. The van der Waals surface area contributed by atoms with Crippen LogP contribution < -0.4 is 10.6 Å². The lowest BCUT2D eigenvalue weighted by molar-refractivity contribution is 0.0960. The summed E-state index contributed by atoms with van der Waals surface area (Å²) in [4.78, 5) is 14.6. The number of nitrogens with one attached hydrogen (secondary N) is 2. The quantitative estimate of drug-likeness (QED) is 0.838. The summed E-state index contributed by atoms with van der Waals surface area (Å²) >= 11 is 1.69. The molecule has 1 aromatic rings. The van der Waals surface area contributed by atoms with Crippen molar-refractivity contribution in [2.45, 2.75) is 32.6 Å². The second-order valence-corrected chi connectivity index (χ2v) is 7.04. The standard InChI is InChI=1S/C16H22N2OS.ClH/c1-11-2-3-14-13(8-11)9-15(20-14)16(19)18-10-12-4-6-17-7-5-12;/h4,9,11,17H,2-3,5-8,10H2,1H3,(H,18,19);1H. The van der Waals surface area contributed by atoms with Gasteiger partial charge in [0.25, 0.3) is 5.91 Å². The van der Waals surface area contributed by atoms with Gasteiger partial charge in [-0.15, -0.1) is 23.7 Å². The largest absolute Gasteiger partial charge is 0.348 e. The van der Waals surface area contributed by atoms with Gasteiger partial charge in [0, 0.05) is 18.0 Å². The van der Waals surface area contributed by atoms with E-state index in [1.165, 1.54) is 22.4 Å². The fourth-order valence-electron chi connectivity index (χ4n) is 2.93. The van der Waals surface area contributed by atoms with E-state index in [1.807, 2.05) is 0 Å². The Morgan fingerprint density at radius 1 is 1.48 bits per heavy atom. The normalized spacial score (nSPS) is 21.0. The van der Waals surface area contributed by atoms with Crippen molar-refractivity contribution in [1.82, 2.24) is 10.6 Å². The van der Waals surface area contributed by atoms with Crippen LogP contribution in [0.3, 0.4) is 0 Å². The molecule has 1 aromatic heterocycles. The minimum atomic E-state index is 0. The number of hydrogen-bond acceptors (Lipinski definition) is 3. The number of fused-ring (bicyclic) bond motifs is 1. The lowest BCUT2D eigenvalue weighted by atomic mass is 9.90. The molecule has 3 rings (SSSR count). The Morgan fingerprint density at radius 3 is 3.10 bits per heavy atom. The number of carbonyl (C=O) groups excluding carboxylic acids is 1. The number of aryl methyl sites for hydroxylation is 1. The van der Waals surface area contributed by atoms with Crippen molar-refractivity contribution in [3.8, 4) is 0 Å². The summed E-state index contributed by atoms with van der Waals surface area (Å²) in [7, 11) is 0. The highest BCUT2D eigenvalue weighted by molar-refractivity contribution is 7.14. The Labute approximate surface area is 136 Å². The van der Waals surface area contributed by atoms with Crippen LogP contribution in [0.5, 0.6) is 0 Å². The third-order valence-electron chi connectivity index (χ3n) is 4.19. The zero-order valence-electron chi connectivity index (χ0n) is 12.4. The maximum Gasteiger partial charge on any atom is 0.261 e. The molecule has 2 aliphatic rings. The fourth-order valence-corrected chi connectivity index (χ4v) is 4.05. The highest BCUT2D eigenvalue weighted by atomic mass is 35.5. The smallest absolute Gasteiger partial charge is 0.261 e. The van der Waals surface area contributed by atoms with Gasteiger partial charge in [-0.25, -0.2) is 0 Å². The molecule has 1 unspecified atom stereocenters. The number of rotatable bonds is 3. The first-order valence-corrected chi connectivity index (χ1v) is 8.32. The third-order valence-corrected chi connectivity index (χ3v) is 5.42. The molecule has 116 valence electrons. The van der Waals surface area contributed by atoms with E-state index in [2.05, 4.69) is 29.7 Å². The molecule has 1 aliphatic heterocycles. The van der Waals surface area contributed by atoms with Crippen LogP contribution in [0.15, 0.2) is 17.7 Å². The predicted octanol–water partition coefficient (Wildman–Crippen LogP) is 2.94. The van der Waals surface area contributed by atoms with Crippen LogP contribution >= 0.6 is 23.7 Å². The molecular weight excluding hydrogens is 304 g/mol. The van der Waals surface area contributed by atoms with Gasteiger partial charge in [0.15, 0.2) is 0 Å². The van der Waals surface area contributed by atoms with Crippen molar-refractivity contribution < 1.29 is 4.79 Å². The Kier molecular flexibility index (Phi) is 5.85. The topological polar surface area (TPSA) is 41.1 Å². The van der Waals surface area contributed by atoms with Crippen LogP contribution in [0.2, 0.25) is 0 Å². The van der Waals surface area contributed by atoms with Crippen LogP contribution in [0.25, 0.3) is 0 Å². The molecule has 2 N–H and O–H groups in total. The maximum absolute atomic E-state index is 12.2. The van der Waals surface area contributed by atoms with Crippen LogP contribution in [-0.2, 0) is 12.8 Å². The van der Waals surface area contributed by atoms with Gasteiger partial charge >= 0.3 is 0 Å². The summed E-state index contributed by atoms with van der Waals surface area (Å²) < 4.78 is 0. The van der Waals surface area contributed by atoms with E-state index in [9.17, 15) is 4.79 Å². The van der Waals surface area contributed by atoms with E-state index < -0.39 is 0 Å². The summed E-state index contributed by atoms with van der Waals surface area (Å²) in [5.41, 5.74) is 2.74. The molecule has 0 saturated carbocycles. The van der Waals surface area contributed by atoms with Gasteiger partial charge < -0.3 is 10.6 Å². The van der Waals surface area contributed by atoms with Gasteiger partial charge in [-0.3, -0.25) is 4.79 Å². The molecule has 0 spiro atoms. The average molecular weight is 327 g/mol. The van der Waals surface area contributed by atoms with Gasteiger partial charge in [0.2, 0.25) is 0 Å². The Morgan fingerprint density at radius 2 is 2.33 bits per heavy atom. The van der Waals surface area contributed by atoms with Crippen molar-refractivity contribution in [3.05, 3.63) is 33.0 Å². The fraction of sp³-hybridized carbons (Fsp3) is 0.562. The lowest BCUT2D eigenvalue weighted by Crippen LogP contribution is -2.29. The number of hydrogen-bond donors (Lipinski definition) is 2. The first-order chi connectivity index (χ1) is 9.72. The molecule has 0 radical (unpaired) electrons. The van der Waals surface area contributed by atoms with Gasteiger partial charge in [-0.05, 0) is 49.8 Å². The second-order valence-electron chi connectivity index (χ2n) is 5.91. The number of halogens is 1. The molecular formula is C16H23ClN2OS. The Bertz CT molecular complexity index is 538. The molecule has 3 nitrogen and oxygen atoms in total. The van der Waals surface area contributed by atoms with Gasteiger partial charge in [-0.2, -0.15) is 0 Å². The van der Waals surface area contributed by atoms with E-state index in [0.717, 1.165) is 43.1 Å². The highest BCUT2D eigenvalue weighted by Crippen LogP contribution is 2.32. The molecule has 1 atom stereocenters. The average Bonchev–Trinajstić information content (AvgIpc) is 2.89. The zero-order valence-corrected chi connectivity index (χ0v) is 14.0. The molecule has 2 heterocycles. The molecule has 0 saturated heterocycles. The van der Waals surface area contributed by atoms with Gasteiger partial charge in [0.05, 0.1) is 4.88 Å². The zero-order chi connectivity index (χ0) is 13.9. The highest BCUT2D eigenvalue weighted by Gasteiger charge is 2.20. The molecule has 0 fully saturated rings. The van der Waals surface area contributed by atoms with E-state index in [0.29, 0.717) is 6.54 Å². The predicted molar refractivity (Wildman–Crippen MR) is 90.7 cm³/mol. The molecule has 1 aliphatic carbocycles. The van der Waals surface area contributed by atoms with Crippen LogP contribution in [0.1, 0.15) is 39.9 Å².